The third-order valence-corrected chi connectivity index (χ3v) is 3.21. The van der Waals surface area contributed by atoms with Gasteiger partial charge in [0.25, 0.3) is 5.56 Å². The molecule has 0 bridgehead atoms. The van der Waals surface area contributed by atoms with Crippen LogP contribution in [-0.4, -0.2) is 15.5 Å². The number of aromatic nitrogens is 2. The Balaban J connectivity index is 2.18. The number of rotatable bonds is 5. The van der Waals surface area contributed by atoms with Gasteiger partial charge in [0.05, 0.1) is 11.0 Å². The zero-order chi connectivity index (χ0) is 14.5. The summed E-state index contributed by atoms with van der Waals surface area (Å²) in [7, 11) is 0. The van der Waals surface area contributed by atoms with Gasteiger partial charge in [-0.25, -0.2) is 10.8 Å². The summed E-state index contributed by atoms with van der Waals surface area (Å²) in [4.78, 5) is 27.5. The van der Waals surface area contributed by atoms with Crippen molar-refractivity contribution in [3.8, 4) is 0 Å². The van der Waals surface area contributed by atoms with Gasteiger partial charge in [-0.2, -0.15) is 0 Å². The average molecular weight is 274 g/mol. The number of nitrogens with two attached hydrogens (primary N) is 1. The molecule has 106 valence electrons. The Bertz CT molecular complexity index is 678. The molecule has 20 heavy (non-hydrogen) atoms. The highest BCUT2D eigenvalue weighted by molar-refractivity contribution is 5.75. The van der Waals surface area contributed by atoms with E-state index >= 15 is 0 Å². The van der Waals surface area contributed by atoms with E-state index in [4.69, 9.17) is 5.84 Å². The lowest BCUT2D eigenvalue weighted by Crippen LogP contribution is -2.29. The van der Waals surface area contributed by atoms with Crippen LogP contribution < -0.4 is 16.8 Å². The lowest BCUT2D eigenvalue weighted by atomic mass is 10.2. The summed E-state index contributed by atoms with van der Waals surface area (Å²) in [5, 5.41) is 0. The summed E-state index contributed by atoms with van der Waals surface area (Å²) in [6.45, 7) is 2.29. The highest BCUT2D eigenvalue weighted by atomic mass is 16.2. The number of nitrogens with one attached hydrogen (secondary N) is 1. The fourth-order valence-corrected chi connectivity index (χ4v) is 2.17. The number of hydrogen-bond donors (Lipinski definition) is 2. The molecule has 0 atom stereocenters. The fraction of sp³-hybridized carbons (Fsp3) is 0.357. The Kier molecular flexibility index (Phi) is 4.47. The predicted molar refractivity (Wildman–Crippen MR) is 76.9 cm³/mol. The molecule has 1 amide bonds. The zero-order valence-corrected chi connectivity index (χ0v) is 11.4. The van der Waals surface area contributed by atoms with Gasteiger partial charge >= 0.3 is 0 Å². The van der Waals surface area contributed by atoms with Crippen LogP contribution in [0.1, 0.15) is 25.0 Å². The Morgan fingerprint density at radius 3 is 2.85 bits per heavy atom. The SMILES string of the molecule is Cc1nc2ccccc2n(CCCCC(=O)NN)c1=O. The summed E-state index contributed by atoms with van der Waals surface area (Å²) >= 11 is 0. The van der Waals surface area contributed by atoms with Gasteiger partial charge in [0, 0.05) is 13.0 Å². The minimum atomic E-state index is -0.187. The number of hydrogen-bond acceptors (Lipinski definition) is 4. The molecule has 1 aromatic heterocycles. The van der Waals surface area contributed by atoms with Gasteiger partial charge in [0.1, 0.15) is 5.69 Å². The van der Waals surface area contributed by atoms with Gasteiger partial charge < -0.3 is 4.57 Å². The summed E-state index contributed by atoms with van der Waals surface area (Å²) in [5.74, 6) is 4.83. The van der Waals surface area contributed by atoms with Crippen LogP contribution in [0.3, 0.4) is 0 Å². The third-order valence-electron chi connectivity index (χ3n) is 3.21. The van der Waals surface area contributed by atoms with Crippen LogP contribution in [0.4, 0.5) is 0 Å². The van der Waals surface area contributed by atoms with E-state index in [2.05, 4.69) is 10.4 Å². The quantitative estimate of drug-likeness (QED) is 0.366. The Morgan fingerprint density at radius 1 is 1.35 bits per heavy atom. The van der Waals surface area contributed by atoms with Crippen molar-refractivity contribution in [2.75, 3.05) is 0 Å². The van der Waals surface area contributed by atoms with E-state index in [1.807, 2.05) is 24.3 Å². The van der Waals surface area contributed by atoms with E-state index in [9.17, 15) is 9.59 Å². The molecule has 0 aliphatic carbocycles. The number of para-hydroxylation sites is 2. The van der Waals surface area contributed by atoms with Crippen molar-refractivity contribution in [3.05, 3.63) is 40.3 Å². The summed E-state index contributed by atoms with van der Waals surface area (Å²) in [6, 6.07) is 7.56. The largest absolute Gasteiger partial charge is 0.305 e. The zero-order valence-electron chi connectivity index (χ0n) is 11.4. The van der Waals surface area contributed by atoms with Crippen LogP contribution in [0.25, 0.3) is 11.0 Å². The molecule has 3 N–H and O–H groups in total. The Hall–Kier alpha value is -2.21. The van der Waals surface area contributed by atoms with Gasteiger partial charge in [-0.05, 0) is 31.9 Å². The second-order valence-electron chi connectivity index (χ2n) is 4.67. The summed E-state index contributed by atoms with van der Waals surface area (Å²) in [5.41, 5.74) is 4.14. The van der Waals surface area contributed by atoms with E-state index in [0.717, 1.165) is 17.5 Å². The maximum absolute atomic E-state index is 12.2. The molecule has 0 radical (unpaired) electrons. The Labute approximate surface area is 116 Å². The monoisotopic (exact) mass is 274 g/mol. The van der Waals surface area contributed by atoms with E-state index < -0.39 is 0 Å². The van der Waals surface area contributed by atoms with Gasteiger partial charge in [-0.3, -0.25) is 15.0 Å². The number of aryl methyl sites for hydroxylation is 2. The van der Waals surface area contributed by atoms with Gasteiger partial charge in [0.2, 0.25) is 5.91 Å². The first-order chi connectivity index (χ1) is 9.63. The molecule has 0 aliphatic heterocycles. The van der Waals surface area contributed by atoms with Crippen LogP contribution in [0, 0.1) is 6.92 Å². The number of hydrazine groups is 1. The van der Waals surface area contributed by atoms with Crippen molar-refractivity contribution in [1.82, 2.24) is 15.0 Å². The van der Waals surface area contributed by atoms with Crippen LogP contribution in [0.2, 0.25) is 0 Å². The van der Waals surface area contributed by atoms with E-state index in [0.29, 0.717) is 25.1 Å². The minimum absolute atomic E-state index is 0.0769. The first-order valence-corrected chi connectivity index (χ1v) is 6.59. The molecule has 0 saturated carbocycles. The number of nitrogens with zero attached hydrogens (tertiary/aromatic N) is 2. The van der Waals surface area contributed by atoms with Gasteiger partial charge in [-0.15, -0.1) is 0 Å². The number of carbonyl (C=O) groups is 1. The van der Waals surface area contributed by atoms with Crippen molar-refractivity contribution < 1.29 is 4.79 Å². The normalized spacial score (nSPS) is 10.7. The van der Waals surface area contributed by atoms with Crippen molar-refractivity contribution in [2.24, 2.45) is 5.84 Å². The summed E-state index contributed by atoms with van der Waals surface area (Å²) < 4.78 is 1.72. The predicted octanol–water partition coefficient (Wildman–Crippen LogP) is 0.865. The molecule has 2 rings (SSSR count). The van der Waals surface area contributed by atoms with Crippen LogP contribution in [0.5, 0.6) is 0 Å². The van der Waals surface area contributed by atoms with E-state index in [1.54, 1.807) is 11.5 Å². The molecular formula is C14H18N4O2. The standard InChI is InChI=1S/C14H18N4O2/c1-10-14(20)18(9-5-4-8-13(19)17-15)12-7-3-2-6-11(12)16-10/h2-3,6-7H,4-5,8-9,15H2,1H3,(H,17,19). The van der Waals surface area contributed by atoms with E-state index in [1.165, 1.54) is 0 Å². The number of benzene rings is 1. The third kappa shape index (κ3) is 3.03. The smallest absolute Gasteiger partial charge is 0.272 e. The molecule has 0 fully saturated rings. The highest BCUT2D eigenvalue weighted by Crippen LogP contribution is 2.11. The lowest BCUT2D eigenvalue weighted by Gasteiger charge is -2.10. The van der Waals surface area contributed by atoms with Crippen molar-refractivity contribution in [2.45, 2.75) is 32.7 Å². The van der Waals surface area contributed by atoms with Crippen molar-refractivity contribution in [1.29, 1.82) is 0 Å². The number of amides is 1. The number of fused-ring (bicyclic) bond motifs is 1. The lowest BCUT2D eigenvalue weighted by molar-refractivity contribution is -0.121. The Morgan fingerprint density at radius 2 is 2.10 bits per heavy atom. The molecule has 1 aromatic carbocycles. The maximum atomic E-state index is 12.2. The van der Waals surface area contributed by atoms with E-state index in [-0.39, 0.29) is 11.5 Å². The van der Waals surface area contributed by atoms with Gasteiger partial charge in [0.15, 0.2) is 0 Å². The molecule has 6 nitrogen and oxygen atoms in total. The summed E-state index contributed by atoms with van der Waals surface area (Å²) in [6.07, 6.45) is 1.79. The van der Waals surface area contributed by atoms with Crippen molar-refractivity contribution in [3.63, 3.8) is 0 Å². The molecule has 1 heterocycles. The van der Waals surface area contributed by atoms with Gasteiger partial charge in [-0.1, -0.05) is 12.1 Å². The topological polar surface area (TPSA) is 90.0 Å². The molecule has 0 unspecified atom stereocenters. The first kappa shape index (κ1) is 14.2. The minimum Gasteiger partial charge on any atom is -0.305 e. The number of carbonyl (C=O) groups excluding carboxylic acids is 1. The first-order valence-electron chi connectivity index (χ1n) is 6.59. The van der Waals surface area contributed by atoms with Crippen LogP contribution in [-0.2, 0) is 11.3 Å². The molecule has 0 aliphatic rings. The second-order valence-corrected chi connectivity index (χ2v) is 4.67. The van der Waals surface area contributed by atoms with Crippen LogP contribution in [0.15, 0.2) is 29.1 Å². The highest BCUT2D eigenvalue weighted by Gasteiger charge is 2.07. The molecule has 0 spiro atoms. The van der Waals surface area contributed by atoms with Crippen molar-refractivity contribution >= 4 is 16.9 Å². The fourth-order valence-electron chi connectivity index (χ4n) is 2.17. The average Bonchev–Trinajstić information content (AvgIpc) is 2.46. The molecule has 2 aromatic rings. The molecule has 0 saturated heterocycles. The maximum Gasteiger partial charge on any atom is 0.272 e. The second kappa shape index (κ2) is 6.29. The molecule has 6 heteroatoms. The molecular weight excluding hydrogens is 256 g/mol. The van der Waals surface area contributed by atoms with Crippen LogP contribution >= 0.6 is 0 Å². The number of unbranched alkanes of at least 4 members (excludes halogenated alkanes) is 1.